The number of carboxylic acid groups (broad SMARTS) is 1. The number of rotatable bonds is 4. The summed E-state index contributed by atoms with van der Waals surface area (Å²) in [6.45, 7) is 1.97. The van der Waals surface area contributed by atoms with E-state index in [9.17, 15) is 9.90 Å². The first kappa shape index (κ1) is 13.6. The number of carboxylic acids is 1. The van der Waals surface area contributed by atoms with Crippen LogP contribution >= 0.6 is 11.3 Å². The molecule has 0 saturated heterocycles. The Morgan fingerprint density at radius 2 is 1.86 bits per heavy atom. The lowest BCUT2D eigenvalue weighted by Crippen LogP contribution is -2.20. The molecule has 0 fully saturated rings. The highest BCUT2D eigenvalue weighted by Gasteiger charge is 2.23. The Hall–Kier alpha value is -2.33. The number of fused-ring (bicyclic) bond motifs is 1. The van der Waals surface area contributed by atoms with Gasteiger partial charge in [0.25, 0.3) is 0 Å². The van der Waals surface area contributed by atoms with Gasteiger partial charge < -0.3 is 10.4 Å². The van der Waals surface area contributed by atoms with E-state index in [1.807, 2.05) is 60.8 Å². The van der Waals surface area contributed by atoms with Crippen LogP contribution in [0.4, 0.5) is 5.69 Å². The molecule has 2 N–H and O–H groups in total. The van der Waals surface area contributed by atoms with Crippen LogP contribution in [0.5, 0.6) is 0 Å². The third-order valence-electron chi connectivity index (χ3n) is 3.51. The minimum Gasteiger partial charge on any atom is -0.479 e. The fourth-order valence-corrected chi connectivity index (χ4v) is 3.37. The number of para-hydroxylation sites is 1. The number of anilines is 1. The van der Waals surface area contributed by atoms with Crippen molar-refractivity contribution in [2.45, 2.75) is 13.0 Å². The molecule has 1 heterocycles. The minimum absolute atomic E-state index is 0.748. The highest BCUT2D eigenvalue weighted by Crippen LogP contribution is 2.32. The molecule has 0 aliphatic heterocycles. The zero-order chi connectivity index (χ0) is 14.8. The summed E-state index contributed by atoms with van der Waals surface area (Å²) < 4.78 is 1.10. The normalized spacial score (nSPS) is 12.2. The Kier molecular flexibility index (Phi) is 3.62. The van der Waals surface area contributed by atoms with Gasteiger partial charge in [-0.05, 0) is 35.4 Å². The van der Waals surface area contributed by atoms with Crippen molar-refractivity contribution in [3.05, 3.63) is 65.0 Å². The van der Waals surface area contributed by atoms with Crippen LogP contribution in [0.15, 0.2) is 53.9 Å². The fourth-order valence-electron chi connectivity index (χ4n) is 2.38. The average molecular weight is 297 g/mol. The van der Waals surface area contributed by atoms with E-state index in [1.54, 1.807) is 11.3 Å². The van der Waals surface area contributed by atoms with Gasteiger partial charge >= 0.3 is 5.97 Å². The summed E-state index contributed by atoms with van der Waals surface area (Å²) in [6, 6.07) is 14.8. The molecule has 2 aromatic carbocycles. The van der Waals surface area contributed by atoms with Gasteiger partial charge in [0.2, 0.25) is 0 Å². The van der Waals surface area contributed by atoms with Gasteiger partial charge in [0.15, 0.2) is 6.04 Å². The Labute approximate surface area is 126 Å². The molecule has 3 rings (SSSR count). The monoisotopic (exact) mass is 297 g/mol. The Balaban J connectivity index is 2.03. The third-order valence-corrected chi connectivity index (χ3v) is 4.50. The predicted molar refractivity (Wildman–Crippen MR) is 87.0 cm³/mol. The van der Waals surface area contributed by atoms with Crippen molar-refractivity contribution in [2.75, 3.05) is 5.32 Å². The summed E-state index contributed by atoms with van der Waals surface area (Å²) in [5.41, 5.74) is 2.69. The van der Waals surface area contributed by atoms with Gasteiger partial charge in [-0.1, -0.05) is 36.4 Å². The van der Waals surface area contributed by atoms with Crippen molar-refractivity contribution < 1.29 is 9.90 Å². The lowest BCUT2D eigenvalue weighted by molar-refractivity contribution is -0.138. The predicted octanol–water partition coefficient (Wildman–Crippen LogP) is 4.45. The van der Waals surface area contributed by atoms with E-state index in [0.29, 0.717) is 0 Å². The van der Waals surface area contributed by atoms with Gasteiger partial charge in [-0.25, -0.2) is 4.79 Å². The Morgan fingerprint density at radius 3 is 2.62 bits per heavy atom. The number of carbonyl (C=O) groups is 1. The first-order valence-corrected chi connectivity index (χ1v) is 7.56. The number of benzene rings is 2. The molecule has 106 valence electrons. The largest absolute Gasteiger partial charge is 0.479 e. The summed E-state index contributed by atoms with van der Waals surface area (Å²) in [4.78, 5) is 11.7. The van der Waals surface area contributed by atoms with Crippen molar-refractivity contribution >= 4 is 33.1 Å². The Bertz CT molecular complexity index is 794. The molecule has 0 bridgehead atoms. The average Bonchev–Trinajstić information content (AvgIpc) is 2.90. The molecule has 0 aliphatic rings. The summed E-state index contributed by atoms with van der Waals surface area (Å²) in [7, 11) is 0. The standard InChI is InChI=1S/C17H15NO2S/c1-11-6-2-4-8-14(11)18-16(17(19)20)13-10-21-15-9-5-3-7-12(13)15/h2-10,16,18H,1H3,(H,19,20). The van der Waals surface area contributed by atoms with Crippen molar-refractivity contribution in [2.24, 2.45) is 0 Å². The third kappa shape index (κ3) is 2.62. The van der Waals surface area contributed by atoms with Crippen molar-refractivity contribution in [1.29, 1.82) is 0 Å². The molecule has 0 saturated carbocycles. The maximum absolute atomic E-state index is 11.7. The first-order chi connectivity index (χ1) is 10.2. The summed E-state index contributed by atoms with van der Waals surface area (Å²) in [6.07, 6.45) is 0. The maximum atomic E-state index is 11.7. The number of aryl methyl sites for hydroxylation is 1. The molecule has 0 amide bonds. The van der Waals surface area contributed by atoms with Crippen LogP contribution in [-0.2, 0) is 4.79 Å². The first-order valence-electron chi connectivity index (χ1n) is 6.68. The SMILES string of the molecule is Cc1ccccc1NC(C(=O)O)c1csc2ccccc12. The van der Waals surface area contributed by atoms with Crippen molar-refractivity contribution in [1.82, 2.24) is 0 Å². The highest BCUT2D eigenvalue weighted by molar-refractivity contribution is 7.17. The van der Waals surface area contributed by atoms with Gasteiger partial charge in [0, 0.05) is 16.0 Å². The number of hydrogen-bond acceptors (Lipinski definition) is 3. The second-order valence-corrected chi connectivity index (χ2v) is 5.83. The number of hydrogen-bond donors (Lipinski definition) is 2. The quantitative estimate of drug-likeness (QED) is 0.748. The molecule has 3 aromatic rings. The molecular formula is C17H15NO2S. The topological polar surface area (TPSA) is 49.3 Å². The van der Waals surface area contributed by atoms with E-state index < -0.39 is 12.0 Å². The van der Waals surface area contributed by atoms with Crippen LogP contribution in [-0.4, -0.2) is 11.1 Å². The van der Waals surface area contributed by atoms with Crippen LogP contribution in [0.25, 0.3) is 10.1 Å². The summed E-state index contributed by atoms with van der Waals surface area (Å²) in [5.74, 6) is -0.873. The van der Waals surface area contributed by atoms with Crippen LogP contribution in [0.3, 0.4) is 0 Å². The van der Waals surface area contributed by atoms with Crippen LogP contribution < -0.4 is 5.32 Å². The van der Waals surface area contributed by atoms with E-state index in [1.165, 1.54) is 0 Å². The van der Waals surface area contributed by atoms with Gasteiger partial charge in [-0.3, -0.25) is 0 Å². The van der Waals surface area contributed by atoms with Crippen LogP contribution in [0.1, 0.15) is 17.2 Å². The van der Waals surface area contributed by atoms with Crippen LogP contribution in [0.2, 0.25) is 0 Å². The fraction of sp³-hybridized carbons (Fsp3) is 0.118. The number of thiophene rings is 1. The summed E-state index contributed by atoms with van der Waals surface area (Å²) in [5, 5.41) is 15.7. The second-order valence-electron chi connectivity index (χ2n) is 4.92. The van der Waals surface area contributed by atoms with Crippen LogP contribution in [0, 0.1) is 6.92 Å². The molecule has 0 radical (unpaired) electrons. The lowest BCUT2D eigenvalue weighted by atomic mass is 10.0. The van der Waals surface area contributed by atoms with Gasteiger partial charge in [-0.15, -0.1) is 11.3 Å². The second kappa shape index (κ2) is 5.58. The molecule has 21 heavy (non-hydrogen) atoms. The zero-order valence-corrected chi connectivity index (χ0v) is 12.4. The molecule has 1 aromatic heterocycles. The molecule has 1 atom stereocenters. The lowest BCUT2D eigenvalue weighted by Gasteiger charge is -2.17. The summed E-state index contributed by atoms with van der Waals surface area (Å²) >= 11 is 1.57. The van der Waals surface area contributed by atoms with Crippen molar-refractivity contribution in [3.63, 3.8) is 0 Å². The molecule has 0 spiro atoms. The van der Waals surface area contributed by atoms with Crippen molar-refractivity contribution in [3.8, 4) is 0 Å². The Morgan fingerprint density at radius 1 is 1.14 bits per heavy atom. The molecule has 4 heteroatoms. The molecule has 3 nitrogen and oxygen atoms in total. The highest BCUT2D eigenvalue weighted by atomic mass is 32.1. The minimum atomic E-state index is -0.873. The number of nitrogens with one attached hydrogen (secondary N) is 1. The molecule has 0 aliphatic carbocycles. The van der Waals surface area contributed by atoms with E-state index in [0.717, 1.165) is 26.9 Å². The smallest absolute Gasteiger partial charge is 0.330 e. The molecular weight excluding hydrogens is 282 g/mol. The van der Waals surface area contributed by atoms with Gasteiger partial charge in [0.05, 0.1) is 0 Å². The van der Waals surface area contributed by atoms with Gasteiger partial charge in [-0.2, -0.15) is 0 Å². The molecule has 1 unspecified atom stereocenters. The maximum Gasteiger partial charge on any atom is 0.330 e. The van der Waals surface area contributed by atoms with E-state index in [2.05, 4.69) is 5.32 Å². The zero-order valence-electron chi connectivity index (χ0n) is 11.5. The van der Waals surface area contributed by atoms with E-state index >= 15 is 0 Å². The number of aliphatic carboxylic acids is 1. The van der Waals surface area contributed by atoms with Gasteiger partial charge in [0.1, 0.15) is 0 Å². The van der Waals surface area contributed by atoms with E-state index in [4.69, 9.17) is 0 Å². The van der Waals surface area contributed by atoms with E-state index in [-0.39, 0.29) is 0 Å².